The highest BCUT2D eigenvalue weighted by atomic mass is 19.1. The fourth-order valence-corrected chi connectivity index (χ4v) is 2.42. The number of carbonyl (C=O) groups excluding carboxylic acids is 2. The number of likely N-dealkylation sites (N-methyl/N-ethyl adjacent to an activating group) is 1. The SMILES string of the molecule is Cc1ccc(NC(=O)CN(C)CC(=O)N2CCNCC2)cc1F. The molecule has 1 heterocycles. The first-order valence-corrected chi connectivity index (χ1v) is 7.69. The van der Waals surface area contributed by atoms with Crippen LogP contribution in [-0.2, 0) is 9.59 Å². The van der Waals surface area contributed by atoms with Gasteiger partial charge in [0, 0.05) is 31.9 Å². The Balaban J connectivity index is 1.79. The average molecular weight is 322 g/mol. The first-order valence-electron chi connectivity index (χ1n) is 7.69. The van der Waals surface area contributed by atoms with Crippen molar-refractivity contribution in [2.45, 2.75) is 6.92 Å². The predicted octanol–water partition coefficient (Wildman–Crippen LogP) is 0.436. The molecule has 1 aromatic carbocycles. The summed E-state index contributed by atoms with van der Waals surface area (Å²) in [7, 11) is 1.72. The lowest BCUT2D eigenvalue weighted by atomic mass is 10.2. The van der Waals surface area contributed by atoms with E-state index in [1.54, 1.807) is 35.9 Å². The van der Waals surface area contributed by atoms with Gasteiger partial charge in [-0.25, -0.2) is 4.39 Å². The number of amides is 2. The fraction of sp³-hybridized carbons (Fsp3) is 0.500. The van der Waals surface area contributed by atoms with E-state index in [0.29, 0.717) is 24.3 Å². The monoisotopic (exact) mass is 322 g/mol. The van der Waals surface area contributed by atoms with Crippen LogP contribution in [0.4, 0.5) is 10.1 Å². The molecular formula is C16H23FN4O2. The Morgan fingerprint density at radius 2 is 2.00 bits per heavy atom. The van der Waals surface area contributed by atoms with E-state index in [1.165, 1.54) is 6.07 Å². The Morgan fingerprint density at radius 3 is 2.65 bits per heavy atom. The van der Waals surface area contributed by atoms with Gasteiger partial charge in [-0.1, -0.05) is 6.07 Å². The lowest BCUT2D eigenvalue weighted by Gasteiger charge is -2.29. The second-order valence-electron chi connectivity index (χ2n) is 5.82. The summed E-state index contributed by atoms with van der Waals surface area (Å²) in [6, 6.07) is 4.56. The molecule has 1 aromatic rings. The van der Waals surface area contributed by atoms with Crippen LogP contribution in [0.5, 0.6) is 0 Å². The van der Waals surface area contributed by atoms with E-state index in [2.05, 4.69) is 10.6 Å². The van der Waals surface area contributed by atoms with Gasteiger partial charge in [0.2, 0.25) is 11.8 Å². The van der Waals surface area contributed by atoms with Crippen LogP contribution in [-0.4, -0.2) is 67.9 Å². The van der Waals surface area contributed by atoms with Crippen molar-refractivity contribution in [2.75, 3.05) is 51.6 Å². The number of carbonyl (C=O) groups is 2. The zero-order valence-corrected chi connectivity index (χ0v) is 13.6. The third-order valence-corrected chi connectivity index (χ3v) is 3.74. The van der Waals surface area contributed by atoms with Crippen molar-refractivity contribution < 1.29 is 14.0 Å². The van der Waals surface area contributed by atoms with E-state index in [0.717, 1.165) is 13.1 Å². The van der Waals surface area contributed by atoms with Crippen LogP contribution in [0.3, 0.4) is 0 Å². The minimum Gasteiger partial charge on any atom is -0.339 e. The van der Waals surface area contributed by atoms with Gasteiger partial charge in [0.15, 0.2) is 0 Å². The summed E-state index contributed by atoms with van der Waals surface area (Å²) in [5.41, 5.74) is 0.946. The number of aryl methyl sites for hydroxylation is 1. The van der Waals surface area contributed by atoms with Crippen LogP contribution >= 0.6 is 0 Å². The standard InChI is InChI=1S/C16H23FN4O2/c1-12-3-4-13(9-14(12)17)19-15(22)10-20(2)11-16(23)21-7-5-18-6-8-21/h3-4,9,18H,5-8,10-11H2,1-2H3,(H,19,22). The molecule has 0 bridgehead atoms. The number of anilines is 1. The highest BCUT2D eigenvalue weighted by molar-refractivity contribution is 5.92. The van der Waals surface area contributed by atoms with E-state index in [4.69, 9.17) is 0 Å². The minimum absolute atomic E-state index is 0.0168. The van der Waals surface area contributed by atoms with Gasteiger partial charge in [-0.15, -0.1) is 0 Å². The van der Waals surface area contributed by atoms with E-state index < -0.39 is 0 Å². The molecule has 2 rings (SSSR count). The van der Waals surface area contributed by atoms with Crippen molar-refractivity contribution >= 4 is 17.5 Å². The first kappa shape index (κ1) is 17.4. The summed E-state index contributed by atoms with van der Waals surface area (Å²) < 4.78 is 13.5. The molecule has 1 fully saturated rings. The number of hydrogen-bond donors (Lipinski definition) is 2. The van der Waals surface area contributed by atoms with Crippen LogP contribution in [0.1, 0.15) is 5.56 Å². The molecule has 0 aliphatic carbocycles. The molecule has 0 spiro atoms. The Kier molecular flexibility index (Phi) is 6.06. The summed E-state index contributed by atoms with van der Waals surface area (Å²) in [6.45, 7) is 4.92. The summed E-state index contributed by atoms with van der Waals surface area (Å²) in [5.74, 6) is -0.614. The highest BCUT2D eigenvalue weighted by Crippen LogP contribution is 2.13. The molecule has 0 atom stereocenters. The molecule has 1 saturated heterocycles. The Morgan fingerprint density at radius 1 is 1.30 bits per heavy atom. The molecule has 0 aromatic heterocycles. The minimum atomic E-state index is -0.356. The van der Waals surface area contributed by atoms with Crippen LogP contribution in [0.2, 0.25) is 0 Å². The first-order chi connectivity index (χ1) is 11.0. The summed E-state index contributed by atoms with van der Waals surface area (Å²) in [4.78, 5) is 27.5. The molecule has 0 unspecified atom stereocenters. The summed E-state index contributed by atoms with van der Waals surface area (Å²) >= 11 is 0. The second kappa shape index (κ2) is 8.03. The Labute approximate surface area is 135 Å². The lowest BCUT2D eigenvalue weighted by molar-refractivity contribution is -0.133. The largest absolute Gasteiger partial charge is 0.339 e. The van der Waals surface area contributed by atoms with Gasteiger partial charge >= 0.3 is 0 Å². The second-order valence-corrected chi connectivity index (χ2v) is 5.82. The third kappa shape index (κ3) is 5.30. The van der Waals surface area contributed by atoms with Crippen molar-refractivity contribution in [3.63, 3.8) is 0 Å². The molecule has 6 nitrogen and oxygen atoms in total. The highest BCUT2D eigenvalue weighted by Gasteiger charge is 2.18. The van der Waals surface area contributed by atoms with Gasteiger partial charge in [-0.2, -0.15) is 0 Å². The molecule has 2 amide bonds. The molecule has 7 heteroatoms. The van der Waals surface area contributed by atoms with E-state index in [1.807, 2.05) is 0 Å². The van der Waals surface area contributed by atoms with Crippen LogP contribution < -0.4 is 10.6 Å². The fourth-order valence-electron chi connectivity index (χ4n) is 2.42. The molecule has 2 N–H and O–H groups in total. The number of hydrogen-bond acceptors (Lipinski definition) is 4. The number of benzene rings is 1. The van der Waals surface area contributed by atoms with Gasteiger partial charge in [0.25, 0.3) is 0 Å². The maximum atomic E-state index is 13.5. The van der Waals surface area contributed by atoms with Gasteiger partial charge in [-0.05, 0) is 31.7 Å². The molecule has 1 aliphatic heterocycles. The summed E-state index contributed by atoms with van der Waals surface area (Å²) in [5, 5.41) is 5.83. The smallest absolute Gasteiger partial charge is 0.238 e. The maximum absolute atomic E-state index is 13.5. The van der Waals surface area contributed by atoms with Crippen molar-refractivity contribution in [2.24, 2.45) is 0 Å². The number of nitrogens with one attached hydrogen (secondary N) is 2. The van der Waals surface area contributed by atoms with Crippen molar-refractivity contribution in [1.82, 2.24) is 15.1 Å². The predicted molar refractivity (Wildman–Crippen MR) is 86.7 cm³/mol. The number of nitrogens with zero attached hydrogens (tertiary/aromatic N) is 2. The number of halogens is 1. The van der Waals surface area contributed by atoms with Crippen LogP contribution in [0, 0.1) is 12.7 Å². The zero-order valence-electron chi connectivity index (χ0n) is 13.6. The average Bonchev–Trinajstić information content (AvgIpc) is 2.51. The molecule has 23 heavy (non-hydrogen) atoms. The maximum Gasteiger partial charge on any atom is 0.238 e. The van der Waals surface area contributed by atoms with E-state index >= 15 is 0 Å². The van der Waals surface area contributed by atoms with Gasteiger partial charge in [-0.3, -0.25) is 14.5 Å². The Bertz CT molecular complexity index is 573. The van der Waals surface area contributed by atoms with Crippen molar-refractivity contribution in [3.05, 3.63) is 29.6 Å². The molecule has 126 valence electrons. The van der Waals surface area contributed by atoms with Gasteiger partial charge < -0.3 is 15.5 Å². The van der Waals surface area contributed by atoms with Gasteiger partial charge in [0.1, 0.15) is 5.82 Å². The van der Waals surface area contributed by atoms with Crippen molar-refractivity contribution in [3.8, 4) is 0 Å². The normalized spacial score (nSPS) is 14.9. The topological polar surface area (TPSA) is 64.7 Å². The molecular weight excluding hydrogens is 299 g/mol. The number of rotatable bonds is 5. The zero-order chi connectivity index (χ0) is 16.8. The quantitative estimate of drug-likeness (QED) is 0.825. The van der Waals surface area contributed by atoms with Crippen LogP contribution in [0.25, 0.3) is 0 Å². The van der Waals surface area contributed by atoms with Crippen molar-refractivity contribution in [1.29, 1.82) is 0 Å². The molecule has 0 saturated carbocycles. The van der Waals surface area contributed by atoms with E-state index in [-0.39, 0.29) is 30.7 Å². The third-order valence-electron chi connectivity index (χ3n) is 3.74. The van der Waals surface area contributed by atoms with Crippen LogP contribution in [0.15, 0.2) is 18.2 Å². The molecule has 0 radical (unpaired) electrons. The lowest BCUT2D eigenvalue weighted by Crippen LogP contribution is -2.49. The van der Waals surface area contributed by atoms with Gasteiger partial charge in [0.05, 0.1) is 13.1 Å². The molecule has 1 aliphatic rings. The summed E-state index contributed by atoms with van der Waals surface area (Å²) in [6.07, 6.45) is 0. The number of piperazine rings is 1. The van der Waals surface area contributed by atoms with E-state index in [9.17, 15) is 14.0 Å². The Hall–Kier alpha value is -1.99.